The van der Waals surface area contributed by atoms with E-state index in [4.69, 9.17) is 16.0 Å². The van der Waals surface area contributed by atoms with E-state index in [9.17, 15) is 4.79 Å². The molecule has 0 spiro atoms. The lowest BCUT2D eigenvalue weighted by molar-refractivity contribution is -0.125. The van der Waals surface area contributed by atoms with Crippen LogP contribution < -0.4 is 0 Å². The summed E-state index contributed by atoms with van der Waals surface area (Å²) in [4.78, 5) is 13.4. The molecule has 2 aromatic heterocycles. The van der Waals surface area contributed by atoms with Crippen molar-refractivity contribution >= 4 is 29.3 Å². The van der Waals surface area contributed by atoms with Gasteiger partial charge in [0, 0.05) is 24.7 Å². The Labute approximate surface area is 154 Å². The average molecular weight is 377 g/mol. The quantitative estimate of drug-likeness (QED) is 0.617. The number of furan rings is 1. The van der Waals surface area contributed by atoms with Gasteiger partial charge in [-0.25, -0.2) is 0 Å². The van der Waals surface area contributed by atoms with Crippen molar-refractivity contribution < 1.29 is 9.21 Å². The van der Waals surface area contributed by atoms with Crippen LogP contribution in [-0.2, 0) is 11.3 Å². The summed E-state index contributed by atoms with van der Waals surface area (Å²) >= 11 is 7.32. The second-order valence-corrected chi connectivity index (χ2v) is 6.93. The minimum absolute atomic E-state index is 0.0191. The molecular formula is C17H17ClN4O2S. The zero-order chi connectivity index (χ0) is 17.8. The third kappa shape index (κ3) is 4.24. The van der Waals surface area contributed by atoms with Gasteiger partial charge >= 0.3 is 0 Å². The van der Waals surface area contributed by atoms with Gasteiger partial charge < -0.3 is 9.32 Å². The molecule has 0 saturated heterocycles. The highest BCUT2D eigenvalue weighted by Crippen LogP contribution is 2.26. The fourth-order valence-electron chi connectivity index (χ4n) is 2.16. The number of thioether (sulfide) groups is 1. The Bertz CT molecular complexity index is 844. The summed E-state index contributed by atoms with van der Waals surface area (Å²) < 4.78 is 7.39. The van der Waals surface area contributed by atoms with Crippen molar-refractivity contribution in [2.75, 3.05) is 19.8 Å². The van der Waals surface area contributed by atoms with Crippen molar-refractivity contribution in [1.82, 2.24) is 19.7 Å². The average Bonchev–Trinajstić information content (AvgIpc) is 3.24. The number of hydrogen-bond acceptors (Lipinski definition) is 5. The van der Waals surface area contributed by atoms with Gasteiger partial charge in [-0.15, -0.1) is 10.2 Å². The summed E-state index contributed by atoms with van der Waals surface area (Å²) in [7, 11) is 3.46. The molecule has 130 valence electrons. The van der Waals surface area contributed by atoms with E-state index in [2.05, 4.69) is 10.2 Å². The van der Waals surface area contributed by atoms with Crippen LogP contribution in [0.5, 0.6) is 0 Å². The highest BCUT2D eigenvalue weighted by Gasteiger charge is 2.17. The van der Waals surface area contributed by atoms with Crippen molar-refractivity contribution in [3.05, 3.63) is 53.4 Å². The molecule has 0 N–H and O–H groups in total. The van der Waals surface area contributed by atoms with Crippen molar-refractivity contribution in [1.29, 1.82) is 0 Å². The number of amides is 1. The summed E-state index contributed by atoms with van der Waals surface area (Å²) in [6.07, 6.45) is 1.63. The number of halogens is 1. The van der Waals surface area contributed by atoms with Gasteiger partial charge in [0.2, 0.25) is 5.91 Å². The number of aromatic nitrogens is 3. The van der Waals surface area contributed by atoms with Gasteiger partial charge in [-0.2, -0.15) is 0 Å². The molecule has 1 aromatic carbocycles. The van der Waals surface area contributed by atoms with Gasteiger partial charge in [0.25, 0.3) is 0 Å². The fraction of sp³-hybridized carbons (Fsp3) is 0.235. The first-order valence-electron chi connectivity index (χ1n) is 7.59. The van der Waals surface area contributed by atoms with E-state index in [1.165, 1.54) is 11.8 Å². The minimum atomic E-state index is 0.0191. The molecule has 3 aromatic rings. The summed E-state index contributed by atoms with van der Waals surface area (Å²) in [5.41, 5.74) is 0.897. The molecule has 0 aliphatic rings. The molecule has 3 rings (SSSR count). The predicted molar refractivity (Wildman–Crippen MR) is 97.7 cm³/mol. The van der Waals surface area contributed by atoms with Crippen LogP contribution >= 0.6 is 23.4 Å². The molecule has 0 radical (unpaired) electrons. The maximum atomic E-state index is 11.9. The van der Waals surface area contributed by atoms with Crippen LogP contribution in [0.3, 0.4) is 0 Å². The van der Waals surface area contributed by atoms with E-state index in [1.807, 2.05) is 41.0 Å². The molecule has 0 unspecified atom stereocenters. The molecule has 0 bridgehead atoms. The monoisotopic (exact) mass is 376 g/mol. The van der Waals surface area contributed by atoms with Gasteiger partial charge in [-0.3, -0.25) is 9.36 Å². The highest BCUT2D eigenvalue weighted by atomic mass is 35.5. The van der Waals surface area contributed by atoms with Crippen molar-refractivity contribution in [3.63, 3.8) is 0 Å². The molecule has 0 atom stereocenters. The molecule has 8 heteroatoms. The SMILES string of the molecule is CN(C)C(=O)CSc1nnc(-c2ccc(Cl)cc2)n1Cc1ccco1. The highest BCUT2D eigenvalue weighted by molar-refractivity contribution is 7.99. The Kier molecular flexibility index (Phi) is 5.45. The Morgan fingerprint density at radius 2 is 2.00 bits per heavy atom. The Balaban J connectivity index is 1.92. The lowest BCUT2D eigenvalue weighted by atomic mass is 10.2. The largest absolute Gasteiger partial charge is 0.467 e. The van der Waals surface area contributed by atoms with Crippen molar-refractivity contribution in [2.24, 2.45) is 0 Å². The topological polar surface area (TPSA) is 64.2 Å². The van der Waals surface area contributed by atoms with Crippen LogP contribution in [0, 0.1) is 0 Å². The normalized spacial score (nSPS) is 10.8. The first-order valence-corrected chi connectivity index (χ1v) is 8.95. The Morgan fingerprint density at radius 3 is 2.64 bits per heavy atom. The minimum Gasteiger partial charge on any atom is -0.467 e. The van der Waals surface area contributed by atoms with Crippen LogP contribution in [0.25, 0.3) is 11.4 Å². The Hall–Kier alpha value is -2.25. The summed E-state index contributed by atoms with van der Waals surface area (Å²) in [5, 5.41) is 9.88. The van der Waals surface area contributed by atoms with E-state index in [-0.39, 0.29) is 5.91 Å². The zero-order valence-electron chi connectivity index (χ0n) is 13.8. The number of carbonyl (C=O) groups is 1. The van der Waals surface area contributed by atoms with Crippen LogP contribution in [-0.4, -0.2) is 45.4 Å². The van der Waals surface area contributed by atoms with Crippen molar-refractivity contribution in [3.8, 4) is 11.4 Å². The summed E-state index contributed by atoms with van der Waals surface area (Å²) in [6.45, 7) is 0.483. The van der Waals surface area contributed by atoms with Crippen molar-refractivity contribution in [2.45, 2.75) is 11.7 Å². The van der Waals surface area contributed by atoms with Crippen LogP contribution in [0.1, 0.15) is 5.76 Å². The number of hydrogen-bond donors (Lipinski definition) is 0. The van der Waals surface area contributed by atoms with Crippen LogP contribution in [0.15, 0.2) is 52.2 Å². The van der Waals surface area contributed by atoms with Crippen LogP contribution in [0.4, 0.5) is 0 Å². The van der Waals surface area contributed by atoms with E-state index >= 15 is 0 Å². The van der Waals surface area contributed by atoms with Gasteiger partial charge in [-0.1, -0.05) is 23.4 Å². The molecular weight excluding hydrogens is 360 g/mol. The number of nitrogens with zero attached hydrogens (tertiary/aromatic N) is 4. The maximum Gasteiger partial charge on any atom is 0.232 e. The number of benzene rings is 1. The summed E-state index contributed by atoms with van der Waals surface area (Å²) in [6, 6.07) is 11.1. The Morgan fingerprint density at radius 1 is 1.24 bits per heavy atom. The van der Waals surface area contributed by atoms with Gasteiger partial charge in [-0.05, 0) is 36.4 Å². The third-order valence-electron chi connectivity index (χ3n) is 3.54. The van der Waals surface area contributed by atoms with Gasteiger partial charge in [0.05, 0.1) is 18.6 Å². The van der Waals surface area contributed by atoms with Gasteiger partial charge in [0.15, 0.2) is 11.0 Å². The smallest absolute Gasteiger partial charge is 0.232 e. The number of rotatable bonds is 6. The lowest BCUT2D eigenvalue weighted by Gasteiger charge is -2.11. The van der Waals surface area contributed by atoms with E-state index < -0.39 is 0 Å². The molecule has 6 nitrogen and oxygen atoms in total. The second kappa shape index (κ2) is 7.76. The fourth-order valence-corrected chi connectivity index (χ4v) is 3.21. The third-order valence-corrected chi connectivity index (χ3v) is 4.74. The molecule has 0 fully saturated rings. The molecule has 1 amide bonds. The lowest BCUT2D eigenvalue weighted by Crippen LogP contribution is -2.23. The van der Waals surface area contributed by atoms with E-state index in [0.717, 1.165) is 11.3 Å². The predicted octanol–water partition coefficient (Wildman–Crippen LogP) is 3.42. The van der Waals surface area contributed by atoms with Crippen LogP contribution in [0.2, 0.25) is 5.02 Å². The molecule has 25 heavy (non-hydrogen) atoms. The van der Waals surface area contributed by atoms with Gasteiger partial charge in [0.1, 0.15) is 5.76 Å². The van der Waals surface area contributed by atoms with E-state index in [1.54, 1.807) is 25.3 Å². The van der Waals surface area contributed by atoms with E-state index in [0.29, 0.717) is 28.3 Å². The number of carbonyl (C=O) groups excluding carboxylic acids is 1. The standard InChI is InChI=1S/C17H17ClN4O2S/c1-21(2)15(23)11-25-17-20-19-16(12-5-7-13(18)8-6-12)22(17)10-14-4-3-9-24-14/h3-9H,10-11H2,1-2H3. The summed E-state index contributed by atoms with van der Waals surface area (Å²) in [5.74, 6) is 1.80. The maximum absolute atomic E-state index is 11.9. The first kappa shape index (κ1) is 17.6. The molecule has 0 saturated carbocycles. The zero-order valence-corrected chi connectivity index (χ0v) is 15.4. The first-order chi connectivity index (χ1) is 12.0. The molecule has 0 aliphatic heterocycles. The molecule has 2 heterocycles. The second-order valence-electron chi connectivity index (χ2n) is 5.56. The molecule has 0 aliphatic carbocycles.